The highest BCUT2D eigenvalue weighted by Crippen LogP contribution is 2.35. The molecule has 0 fully saturated rings. The quantitative estimate of drug-likeness (QED) is 0.673. The molecule has 140 valence electrons. The van der Waals surface area contributed by atoms with Crippen LogP contribution in [-0.4, -0.2) is 17.9 Å². The minimum absolute atomic E-state index is 0.0534. The van der Waals surface area contributed by atoms with Gasteiger partial charge in [0, 0.05) is 0 Å². The van der Waals surface area contributed by atoms with Crippen LogP contribution in [0, 0.1) is 0 Å². The van der Waals surface area contributed by atoms with Crippen molar-refractivity contribution in [3.63, 3.8) is 0 Å². The first-order valence-corrected chi connectivity index (χ1v) is 9.33. The zero-order valence-corrected chi connectivity index (χ0v) is 16.6. The molecule has 0 bridgehead atoms. The molecule has 0 radical (unpaired) electrons. The van der Waals surface area contributed by atoms with Crippen LogP contribution in [0.4, 0.5) is 5.69 Å². The maximum absolute atomic E-state index is 12.9. The molecule has 4 nitrogen and oxygen atoms in total. The second-order valence-corrected chi connectivity index (χ2v) is 7.45. The van der Waals surface area contributed by atoms with Crippen molar-refractivity contribution in [1.82, 2.24) is 0 Å². The summed E-state index contributed by atoms with van der Waals surface area (Å²) in [5.41, 5.74) is 2.46. The number of benzene rings is 2. The van der Waals surface area contributed by atoms with Gasteiger partial charge < -0.3 is 4.74 Å². The number of rotatable bonds is 5. The number of carbonyl (C=O) groups excluding carboxylic acids is 2. The molecule has 0 N–H and O–H groups in total. The van der Waals surface area contributed by atoms with Gasteiger partial charge >= 0.3 is 0 Å². The van der Waals surface area contributed by atoms with E-state index in [-0.39, 0.29) is 16.7 Å². The summed E-state index contributed by atoms with van der Waals surface area (Å²) in [4.78, 5) is 26.7. The van der Waals surface area contributed by atoms with Crippen LogP contribution in [0.25, 0.3) is 5.57 Å². The molecule has 2 amide bonds. The number of hydrogen-bond donors (Lipinski definition) is 0. The predicted octanol–water partition coefficient (Wildman–Crippen LogP) is 5.12. The van der Waals surface area contributed by atoms with Gasteiger partial charge in [-0.3, -0.25) is 9.59 Å². The molecule has 0 aromatic heterocycles. The molecule has 1 aliphatic heterocycles. The molecule has 1 aliphatic rings. The van der Waals surface area contributed by atoms with E-state index in [1.807, 2.05) is 26.0 Å². The van der Waals surface area contributed by atoms with Crippen molar-refractivity contribution in [1.29, 1.82) is 0 Å². The van der Waals surface area contributed by atoms with E-state index in [2.05, 4.69) is 13.8 Å². The molecule has 0 spiro atoms. The fraction of sp³-hybridized carbons (Fsp3) is 0.273. The average molecular weight is 384 g/mol. The van der Waals surface area contributed by atoms with Crippen LogP contribution in [0.3, 0.4) is 0 Å². The fourth-order valence-electron chi connectivity index (χ4n) is 2.97. The van der Waals surface area contributed by atoms with Crippen LogP contribution in [0.1, 0.15) is 44.7 Å². The summed E-state index contributed by atoms with van der Waals surface area (Å²) >= 11 is 6.24. The Bertz CT molecular complexity index is 896. The molecular formula is C22H22ClNO3. The van der Waals surface area contributed by atoms with Crippen molar-refractivity contribution >= 4 is 34.7 Å². The van der Waals surface area contributed by atoms with Gasteiger partial charge in [0.15, 0.2) is 0 Å². The second-order valence-electron chi connectivity index (χ2n) is 7.07. The topological polar surface area (TPSA) is 46.6 Å². The highest BCUT2D eigenvalue weighted by atomic mass is 35.5. The predicted molar refractivity (Wildman–Crippen MR) is 108 cm³/mol. The SMILES string of the molecule is CC(C)Oc1ccc(C2=C(Cl)C(=O)N(c3ccc(C(C)C)cc3)C2=O)cc1. The Kier molecular flexibility index (Phi) is 5.38. The number of nitrogens with zero attached hydrogens (tertiary/aromatic N) is 1. The molecule has 3 rings (SSSR count). The molecule has 0 saturated heterocycles. The Morgan fingerprint density at radius 2 is 1.44 bits per heavy atom. The molecule has 1 heterocycles. The van der Waals surface area contributed by atoms with Crippen molar-refractivity contribution < 1.29 is 14.3 Å². The van der Waals surface area contributed by atoms with Crippen molar-refractivity contribution in [3.8, 4) is 5.75 Å². The highest BCUT2D eigenvalue weighted by Gasteiger charge is 2.39. The van der Waals surface area contributed by atoms with Gasteiger partial charge in [-0.1, -0.05) is 49.7 Å². The van der Waals surface area contributed by atoms with Gasteiger partial charge in [0.1, 0.15) is 10.8 Å². The van der Waals surface area contributed by atoms with E-state index in [1.54, 1.807) is 36.4 Å². The largest absolute Gasteiger partial charge is 0.491 e. The summed E-state index contributed by atoms with van der Waals surface area (Å²) in [5.74, 6) is 0.146. The molecule has 0 unspecified atom stereocenters. The van der Waals surface area contributed by atoms with Gasteiger partial charge in [0.05, 0.1) is 17.4 Å². The van der Waals surface area contributed by atoms with Crippen LogP contribution in [0.5, 0.6) is 5.75 Å². The first kappa shape index (κ1) is 19.2. The lowest BCUT2D eigenvalue weighted by Crippen LogP contribution is -2.31. The summed E-state index contributed by atoms with van der Waals surface area (Å²) in [6, 6.07) is 14.4. The van der Waals surface area contributed by atoms with Crippen molar-refractivity contribution in [2.75, 3.05) is 4.90 Å². The lowest BCUT2D eigenvalue weighted by molar-refractivity contribution is -0.119. The maximum atomic E-state index is 12.9. The summed E-state index contributed by atoms with van der Waals surface area (Å²) in [7, 11) is 0. The molecule has 5 heteroatoms. The van der Waals surface area contributed by atoms with Gasteiger partial charge in [0.25, 0.3) is 11.8 Å². The lowest BCUT2D eigenvalue weighted by atomic mass is 10.0. The van der Waals surface area contributed by atoms with Gasteiger partial charge in [-0.15, -0.1) is 0 Å². The molecule has 0 atom stereocenters. The van der Waals surface area contributed by atoms with E-state index in [1.165, 1.54) is 0 Å². The van der Waals surface area contributed by atoms with Crippen LogP contribution in [0.15, 0.2) is 53.6 Å². The minimum atomic E-state index is -0.503. The lowest BCUT2D eigenvalue weighted by Gasteiger charge is -2.16. The van der Waals surface area contributed by atoms with Crippen molar-refractivity contribution in [3.05, 3.63) is 64.7 Å². The van der Waals surface area contributed by atoms with E-state index >= 15 is 0 Å². The zero-order chi connectivity index (χ0) is 19.7. The Morgan fingerprint density at radius 1 is 0.852 bits per heavy atom. The smallest absolute Gasteiger partial charge is 0.277 e. The van der Waals surface area contributed by atoms with Crippen LogP contribution in [-0.2, 0) is 9.59 Å². The molecule has 2 aromatic carbocycles. The minimum Gasteiger partial charge on any atom is -0.491 e. The third kappa shape index (κ3) is 3.76. The first-order chi connectivity index (χ1) is 12.8. The summed E-state index contributed by atoms with van der Waals surface area (Å²) < 4.78 is 5.62. The normalized spacial score (nSPS) is 14.7. The number of carbonyl (C=O) groups is 2. The average Bonchev–Trinajstić information content (AvgIpc) is 2.85. The Hall–Kier alpha value is -2.59. The number of halogens is 1. The third-order valence-electron chi connectivity index (χ3n) is 4.36. The van der Waals surface area contributed by atoms with Gasteiger partial charge in [-0.05, 0) is 55.2 Å². The van der Waals surface area contributed by atoms with Crippen LogP contribution >= 0.6 is 11.6 Å². The molecular weight excluding hydrogens is 362 g/mol. The van der Waals surface area contributed by atoms with E-state index in [9.17, 15) is 9.59 Å². The Morgan fingerprint density at radius 3 is 1.96 bits per heavy atom. The van der Waals surface area contributed by atoms with Crippen LogP contribution < -0.4 is 9.64 Å². The van der Waals surface area contributed by atoms with Gasteiger partial charge in [-0.2, -0.15) is 0 Å². The summed E-state index contributed by atoms with van der Waals surface area (Å²) in [6.07, 6.45) is 0.0534. The Labute approximate surface area is 164 Å². The number of amides is 2. The highest BCUT2D eigenvalue weighted by molar-refractivity contribution is 6.60. The molecule has 0 aliphatic carbocycles. The maximum Gasteiger partial charge on any atom is 0.277 e. The number of hydrogen-bond acceptors (Lipinski definition) is 3. The van der Waals surface area contributed by atoms with E-state index in [0.717, 1.165) is 10.5 Å². The van der Waals surface area contributed by atoms with E-state index in [0.29, 0.717) is 22.9 Å². The van der Waals surface area contributed by atoms with Crippen LogP contribution in [0.2, 0.25) is 0 Å². The molecule has 0 saturated carbocycles. The standard InChI is InChI=1S/C22H22ClNO3/c1-13(2)15-5-9-17(10-6-15)24-21(25)19(20(23)22(24)26)16-7-11-18(12-8-16)27-14(3)4/h5-14H,1-4H3. The van der Waals surface area contributed by atoms with Gasteiger partial charge in [0.2, 0.25) is 0 Å². The zero-order valence-electron chi connectivity index (χ0n) is 15.8. The first-order valence-electron chi connectivity index (χ1n) is 8.95. The van der Waals surface area contributed by atoms with Crippen molar-refractivity contribution in [2.45, 2.75) is 39.7 Å². The number of imide groups is 1. The summed E-state index contributed by atoms with van der Waals surface area (Å²) in [6.45, 7) is 8.05. The van der Waals surface area contributed by atoms with E-state index in [4.69, 9.17) is 16.3 Å². The fourth-order valence-corrected chi connectivity index (χ4v) is 3.24. The number of ether oxygens (including phenoxy) is 1. The number of anilines is 1. The second kappa shape index (κ2) is 7.57. The molecule has 27 heavy (non-hydrogen) atoms. The Balaban J connectivity index is 1.90. The summed E-state index contributed by atoms with van der Waals surface area (Å²) in [5, 5.41) is -0.0644. The third-order valence-corrected chi connectivity index (χ3v) is 4.71. The molecule has 2 aromatic rings. The van der Waals surface area contributed by atoms with Gasteiger partial charge in [-0.25, -0.2) is 4.90 Å². The van der Waals surface area contributed by atoms with Crippen molar-refractivity contribution in [2.24, 2.45) is 0 Å². The monoisotopic (exact) mass is 383 g/mol. The van der Waals surface area contributed by atoms with E-state index < -0.39 is 11.8 Å².